The van der Waals surface area contributed by atoms with E-state index in [2.05, 4.69) is 0 Å². The highest BCUT2D eigenvalue weighted by Crippen LogP contribution is 2.33. The molecule has 0 radical (unpaired) electrons. The van der Waals surface area contributed by atoms with Crippen molar-refractivity contribution in [3.05, 3.63) is 65.7 Å². The Kier molecular flexibility index (Phi) is 8.39. The lowest BCUT2D eigenvalue weighted by atomic mass is 9.83. The molecule has 1 saturated heterocycles. The molecule has 0 spiro atoms. The first kappa shape index (κ1) is 22.4. The number of hydrogen-bond acceptors (Lipinski definition) is 6. The second kappa shape index (κ2) is 11.2. The van der Waals surface area contributed by atoms with Gasteiger partial charge < -0.3 is 28.5 Å². The molecule has 162 valence electrons. The van der Waals surface area contributed by atoms with Gasteiger partial charge in [0.2, 0.25) is 0 Å². The van der Waals surface area contributed by atoms with Gasteiger partial charge in [-0.05, 0) is 29.2 Å². The molecule has 2 aromatic carbocycles. The molecule has 0 N–H and O–H groups in total. The summed E-state index contributed by atoms with van der Waals surface area (Å²) in [6.07, 6.45) is -0.438. The smallest absolute Gasteiger partial charge is 0.184 e. The number of hydrogen-bond donors (Lipinski definition) is 0. The predicted octanol–water partition coefficient (Wildman–Crippen LogP) is 3.62. The summed E-state index contributed by atoms with van der Waals surface area (Å²) < 4.78 is 28.7. The number of ether oxygens (including phenoxy) is 5. The van der Waals surface area contributed by atoms with E-state index in [0.717, 1.165) is 23.2 Å². The summed E-state index contributed by atoms with van der Waals surface area (Å²) in [6, 6.07) is 17.6. The van der Waals surface area contributed by atoms with Gasteiger partial charge in [0.1, 0.15) is 18.1 Å². The first-order valence-corrected chi connectivity index (χ1v) is 10.2. The zero-order valence-electron chi connectivity index (χ0n) is 17.7. The molecular formula is C24H30O6. The van der Waals surface area contributed by atoms with Gasteiger partial charge in [-0.15, -0.1) is 0 Å². The van der Waals surface area contributed by atoms with Crippen LogP contribution in [-0.4, -0.2) is 45.6 Å². The SMILES string of the molecule is COc1ccc(COC2[C@H](OC)OC(COCc3ccccc3)[C@H](C)[C@@H]2C=O)cc1. The fraction of sp³-hybridized carbons (Fsp3) is 0.458. The monoisotopic (exact) mass is 414 g/mol. The lowest BCUT2D eigenvalue weighted by molar-refractivity contribution is -0.278. The van der Waals surface area contributed by atoms with Crippen LogP contribution in [0.2, 0.25) is 0 Å². The van der Waals surface area contributed by atoms with E-state index in [9.17, 15) is 4.79 Å². The Bertz CT molecular complexity index is 763. The van der Waals surface area contributed by atoms with Crippen molar-refractivity contribution in [1.82, 2.24) is 0 Å². The molecule has 2 aromatic rings. The Morgan fingerprint density at radius 3 is 2.30 bits per heavy atom. The van der Waals surface area contributed by atoms with Crippen molar-refractivity contribution in [2.24, 2.45) is 11.8 Å². The number of methoxy groups -OCH3 is 2. The summed E-state index contributed by atoms with van der Waals surface area (Å²) in [4.78, 5) is 11.9. The molecule has 0 bridgehead atoms. The van der Waals surface area contributed by atoms with Gasteiger partial charge >= 0.3 is 0 Å². The van der Waals surface area contributed by atoms with Crippen molar-refractivity contribution < 1.29 is 28.5 Å². The number of rotatable bonds is 10. The van der Waals surface area contributed by atoms with Gasteiger partial charge in [-0.1, -0.05) is 49.4 Å². The second-order valence-electron chi connectivity index (χ2n) is 7.48. The Morgan fingerprint density at radius 1 is 0.967 bits per heavy atom. The van der Waals surface area contributed by atoms with Crippen LogP contribution in [0.5, 0.6) is 5.75 Å². The van der Waals surface area contributed by atoms with E-state index in [1.807, 2.05) is 61.5 Å². The van der Waals surface area contributed by atoms with E-state index in [4.69, 9.17) is 23.7 Å². The maximum atomic E-state index is 11.9. The third-order valence-electron chi connectivity index (χ3n) is 5.53. The summed E-state index contributed by atoms with van der Waals surface area (Å²) in [6.45, 7) is 3.22. The molecular weight excluding hydrogens is 384 g/mol. The Hall–Kier alpha value is -2.25. The normalized spacial score (nSPS) is 26.3. The zero-order valence-corrected chi connectivity index (χ0v) is 17.7. The third kappa shape index (κ3) is 5.67. The van der Waals surface area contributed by atoms with Crippen LogP contribution >= 0.6 is 0 Å². The van der Waals surface area contributed by atoms with Crippen LogP contribution in [0.25, 0.3) is 0 Å². The molecule has 30 heavy (non-hydrogen) atoms. The van der Waals surface area contributed by atoms with E-state index in [1.54, 1.807) is 14.2 Å². The minimum absolute atomic E-state index is 0.0643. The van der Waals surface area contributed by atoms with Crippen molar-refractivity contribution in [3.8, 4) is 5.75 Å². The highest BCUT2D eigenvalue weighted by molar-refractivity contribution is 5.55. The summed E-state index contributed by atoms with van der Waals surface area (Å²) >= 11 is 0. The third-order valence-corrected chi connectivity index (χ3v) is 5.53. The molecule has 3 rings (SSSR count). The molecule has 6 heteroatoms. The molecule has 0 amide bonds. The number of carbonyl (C=O) groups excluding carboxylic acids is 1. The van der Waals surface area contributed by atoms with Crippen molar-refractivity contribution >= 4 is 6.29 Å². The largest absolute Gasteiger partial charge is 0.497 e. The topological polar surface area (TPSA) is 63.2 Å². The molecule has 0 aliphatic carbocycles. The molecule has 1 fully saturated rings. The van der Waals surface area contributed by atoms with Gasteiger partial charge in [0.25, 0.3) is 0 Å². The lowest BCUT2D eigenvalue weighted by Gasteiger charge is -2.43. The first-order valence-electron chi connectivity index (χ1n) is 10.2. The van der Waals surface area contributed by atoms with Gasteiger partial charge in [0.15, 0.2) is 6.29 Å². The molecule has 6 nitrogen and oxygen atoms in total. The molecule has 1 aliphatic rings. The fourth-order valence-corrected chi connectivity index (χ4v) is 3.66. The summed E-state index contributed by atoms with van der Waals surface area (Å²) in [5.74, 6) is 0.366. The van der Waals surface area contributed by atoms with Gasteiger partial charge in [-0.2, -0.15) is 0 Å². The predicted molar refractivity (Wildman–Crippen MR) is 112 cm³/mol. The summed E-state index contributed by atoms with van der Waals surface area (Å²) in [5, 5.41) is 0. The highest BCUT2D eigenvalue weighted by Gasteiger charge is 2.44. The van der Waals surface area contributed by atoms with E-state index in [-0.39, 0.29) is 17.9 Å². The molecule has 1 heterocycles. The minimum Gasteiger partial charge on any atom is -0.497 e. The molecule has 0 aromatic heterocycles. The lowest BCUT2D eigenvalue weighted by Crippen LogP contribution is -2.53. The number of carbonyl (C=O) groups is 1. The van der Waals surface area contributed by atoms with Crippen molar-refractivity contribution in [3.63, 3.8) is 0 Å². The van der Waals surface area contributed by atoms with Crippen LogP contribution in [0.4, 0.5) is 0 Å². The maximum absolute atomic E-state index is 11.9. The number of benzene rings is 2. The van der Waals surface area contributed by atoms with Crippen LogP contribution in [0.3, 0.4) is 0 Å². The van der Waals surface area contributed by atoms with Crippen LogP contribution < -0.4 is 4.74 Å². The highest BCUT2D eigenvalue weighted by atomic mass is 16.7. The molecule has 5 atom stereocenters. The molecule has 0 saturated carbocycles. The average molecular weight is 414 g/mol. The second-order valence-corrected chi connectivity index (χ2v) is 7.48. The van der Waals surface area contributed by atoms with Crippen LogP contribution in [-0.2, 0) is 37.0 Å². The minimum atomic E-state index is -0.639. The van der Waals surface area contributed by atoms with Gasteiger partial charge in [-0.3, -0.25) is 0 Å². The van der Waals surface area contributed by atoms with Crippen LogP contribution in [0, 0.1) is 11.8 Å². The Labute approximate surface area is 178 Å². The van der Waals surface area contributed by atoms with Gasteiger partial charge in [-0.25, -0.2) is 0 Å². The zero-order chi connectivity index (χ0) is 21.3. The van der Waals surface area contributed by atoms with Gasteiger partial charge in [0, 0.05) is 7.11 Å². The Morgan fingerprint density at radius 2 is 1.67 bits per heavy atom. The van der Waals surface area contributed by atoms with Crippen LogP contribution in [0.15, 0.2) is 54.6 Å². The fourth-order valence-electron chi connectivity index (χ4n) is 3.66. The standard InChI is InChI=1S/C24H30O6/c1-17-21(13-25)23(29-15-19-9-11-20(26-2)12-10-19)24(27-3)30-22(17)16-28-14-18-7-5-4-6-8-18/h4-13,17,21-24H,14-16H2,1-3H3/t17-,21+,22?,23?,24-/m1/s1. The maximum Gasteiger partial charge on any atom is 0.184 e. The molecule has 1 aliphatic heterocycles. The van der Waals surface area contributed by atoms with Crippen LogP contribution in [0.1, 0.15) is 18.1 Å². The van der Waals surface area contributed by atoms with E-state index in [1.165, 1.54) is 0 Å². The van der Waals surface area contributed by atoms with E-state index >= 15 is 0 Å². The van der Waals surface area contributed by atoms with E-state index in [0.29, 0.717) is 19.8 Å². The number of aldehydes is 1. The van der Waals surface area contributed by atoms with E-state index < -0.39 is 12.4 Å². The Balaban J connectivity index is 1.59. The van der Waals surface area contributed by atoms with Crippen molar-refractivity contribution in [2.75, 3.05) is 20.8 Å². The quantitative estimate of drug-likeness (QED) is 0.554. The summed E-state index contributed by atoms with van der Waals surface area (Å²) in [7, 11) is 3.19. The van der Waals surface area contributed by atoms with Gasteiger partial charge in [0.05, 0.1) is 39.0 Å². The first-order chi connectivity index (χ1) is 14.7. The van der Waals surface area contributed by atoms with Crippen molar-refractivity contribution in [1.29, 1.82) is 0 Å². The average Bonchev–Trinajstić information content (AvgIpc) is 2.79. The summed E-state index contributed by atoms with van der Waals surface area (Å²) in [5.41, 5.74) is 2.08. The van der Waals surface area contributed by atoms with Crippen molar-refractivity contribution in [2.45, 2.75) is 38.6 Å². The molecule has 2 unspecified atom stereocenters.